The van der Waals surface area contributed by atoms with Crippen molar-refractivity contribution in [3.05, 3.63) is 11.4 Å². The number of nitrogens with zero attached hydrogens (tertiary/aromatic N) is 3. The second-order valence-electron chi connectivity index (χ2n) is 3.88. The van der Waals surface area contributed by atoms with Crippen molar-refractivity contribution in [1.29, 1.82) is 0 Å². The SMILES string of the molecule is CC(C)C(=O)N1CCc2n[nH]nc2C1. The molecule has 0 radical (unpaired) electrons. The Balaban J connectivity index is 2.11. The van der Waals surface area contributed by atoms with Gasteiger partial charge in [-0.2, -0.15) is 15.4 Å². The molecule has 0 saturated heterocycles. The number of amides is 1. The number of carbonyl (C=O) groups is 1. The molecule has 2 rings (SSSR count). The number of nitrogens with one attached hydrogen (secondary N) is 1. The number of fused-ring (bicyclic) bond motifs is 1. The normalized spacial score (nSPS) is 15.8. The number of aromatic amines is 1. The van der Waals surface area contributed by atoms with Gasteiger partial charge in [-0.1, -0.05) is 13.8 Å². The fourth-order valence-corrected chi connectivity index (χ4v) is 1.66. The van der Waals surface area contributed by atoms with Crippen LogP contribution >= 0.6 is 0 Å². The van der Waals surface area contributed by atoms with Crippen molar-refractivity contribution in [3.63, 3.8) is 0 Å². The Hall–Kier alpha value is -1.39. The first-order chi connectivity index (χ1) is 6.68. The van der Waals surface area contributed by atoms with Gasteiger partial charge < -0.3 is 4.90 Å². The van der Waals surface area contributed by atoms with Gasteiger partial charge in [0.2, 0.25) is 5.91 Å². The van der Waals surface area contributed by atoms with Crippen LogP contribution in [0.2, 0.25) is 0 Å². The molecule has 1 aliphatic rings. The first-order valence-electron chi connectivity index (χ1n) is 4.86. The zero-order valence-electron chi connectivity index (χ0n) is 8.45. The van der Waals surface area contributed by atoms with E-state index in [0.717, 1.165) is 24.4 Å². The number of hydrogen-bond donors (Lipinski definition) is 1. The van der Waals surface area contributed by atoms with Gasteiger partial charge in [-0.25, -0.2) is 0 Å². The average molecular weight is 194 g/mol. The number of H-pyrrole nitrogens is 1. The number of hydrogen-bond acceptors (Lipinski definition) is 3. The second-order valence-corrected chi connectivity index (χ2v) is 3.88. The van der Waals surface area contributed by atoms with Gasteiger partial charge >= 0.3 is 0 Å². The minimum absolute atomic E-state index is 0.0588. The van der Waals surface area contributed by atoms with Crippen molar-refractivity contribution in [1.82, 2.24) is 20.3 Å². The van der Waals surface area contributed by atoms with Gasteiger partial charge in [0.25, 0.3) is 0 Å². The summed E-state index contributed by atoms with van der Waals surface area (Å²) in [7, 11) is 0. The van der Waals surface area contributed by atoms with Crippen LogP contribution in [0.15, 0.2) is 0 Å². The Kier molecular flexibility index (Phi) is 2.23. The van der Waals surface area contributed by atoms with E-state index in [9.17, 15) is 4.79 Å². The topological polar surface area (TPSA) is 61.9 Å². The van der Waals surface area contributed by atoms with Crippen molar-refractivity contribution < 1.29 is 4.79 Å². The maximum absolute atomic E-state index is 11.7. The van der Waals surface area contributed by atoms with Crippen LogP contribution < -0.4 is 0 Å². The Morgan fingerprint density at radius 1 is 1.43 bits per heavy atom. The summed E-state index contributed by atoms with van der Waals surface area (Å²) in [6.07, 6.45) is 0.810. The van der Waals surface area contributed by atoms with Crippen molar-refractivity contribution in [2.45, 2.75) is 26.8 Å². The van der Waals surface area contributed by atoms with Crippen LogP contribution in [-0.2, 0) is 17.8 Å². The summed E-state index contributed by atoms with van der Waals surface area (Å²) in [4.78, 5) is 13.5. The van der Waals surface area contributed by atoms with Crippen molar-refractivity contribution in [3.8, 4) is 0 Å². The molecule has 0 spiro atoms. The fourth-order valence-electron chi connectivity index (χ4n) is 1.66. The number of aromatic nitrogens is 3. The molecular formula is C9H14N4O. The zero-order valence-corrected chi connectivity index (χ0v) is 8.45. The monoisotopic (exact) mass is 194 g/mol. The van der Waals surface area contributed by atoms with Crippen LogP contribution in [0, 0.1) is 5.92 Å². The third-order valence-electron chi connectivity index (χ3n) is 2.47. The van der Waals surface area contributed by atoms with Crippen LogP contribution in [0.3, 0.4) is 0 Å². The van der Waals surface area contributed by atoms with Crippen molar-refractivity contribution >= 4 is 5.91 Å². The van der Waals surface area contributed by atoms with E-state index in [2.05, 4.69) is 15.4 Å². The summed E-state index contributed by atoms with van der Waals surface area (Å²) >= 11 is 0. The minimum atomic E-state index is 0.0588. The molecule has 0 atom stereocenters. The maximum Gasteiger partial charge on any atom is 0.225 e. The maximum atomic E-state index is 11.7. The van der Waals surface area contributed by atoms with E-state index in [1.807, 2.05) is 18.7 Å². The Morgan fingerprint density at radius 3 is 2.86 bits per heavy atom. The van der Waals surface area contributed by atoms with Gasteiger partial charge in [0.05, 0.1) is 12.2 Å². The predicted octanol–water partition coefficient (Wildman–Crippen LogP) is 0.345. The van der Waals surface area contributed by atoms with Gasteiger partial charge in [-0.05, 0) is 0 Å². The molecule has 1 N–H and O–H groups in total. The molecule has 2 heterocycles. The first kappa shape index (κ1) is 9.18. The third-order valence-corrected chi connectivity index (χ3v) is 2.47. The Labute approximate surface area is 82.5 Å². The molecule has 0 saturated carbocycles. The van der Waals surface area contributed by atoms with Gasteiger partial charge in [0, 0.05) is 18.9 Å². The second kappa shape index (κ2) is 3.40. The lowest BCUT2D eigenvalue weighted by Crippen LogP contribution is -2.38. The molecule has 1 aliphatic heterocycles. The molecule has 0 fully saturated rings. The Bertz CT molecular complexity index is 344. The third kappa shape index (κ3) is 1.49. The van der Waals surface area contributed by atoms with E-state index in [-0.39, 0.29) is 11.8 Å². The van der Waals surface area contributed by atoms with Gasteiger partial charge in [-0.15, -0.1) is 0 Å². The van der Waals surface area contributed by atoms with Crippen LogP contribution in [0.5, 0.6) is 0 Å². The highest BCUT2D eigenvalue weighted by molar-refractivity contribution is 5.78. The standard InChI is InChI=1S/C9H14N4O/c1-6(2)9(14)13-4-3-7-8(5-13)11-12-10-7/h6H,3-5H2,1-2H3,(H,10,11,12). The van der Waals surface area contributed by atoms with E-state index in [1.165, 1.54) is 0 Å². The highest BCUT2D eigenvalue weighted by atomic mass is 16.2. The molecule has 0 aromatic carbocycles. The van der Waals surface area contributed by atoms with E-state index in [1.54, 1.807) is 0 Å². The van der Waals surface area contributed by atoms with Crippen LogP contribution in [0.4, 0.5) is 0 Å². The van der Waals surface area contributed by atoms with Crippen LogP contribution in [0.1, 0.15) is 25.2 Å². The summed E-state index contributed by atoms with van der Waals surface area (Å²) in [6, 6.07) is 0. The number of carbonyl (C=O) groups excluding carboxylic acids is 1. The lowest BCUT2D eigenvalue weighted by atomic mass is 10.1. The van der Waals surface area contributed by atoms with Gasteiger partial charge in [-0.3, -0.25) is 4.79 Å². The molecule has 1 aromatic heterocycles. The quantitative estimate of drug-likeness (QED) is 0.701. The lowest BCUT2D eigenvalue weighted by Gasteiger charge is -2.26. The van der Waals surface area contributed by atoms with Crippen molar-refractivity contribution in [2.75, 3.05) is 6.54 Å². The lowest BCUT2D eigenvalue weighted by molar-refractivity contribution is -0.135. The summed E-state index contributed by atoms with van der Waals surface area (Å²) in [5, 5.41) is 10.6. The first-order valence-corrected chi connectivity index (χ1v) is 4.86. The molecule has 0 aliphatic carbocycles. The molecule has 1 aromatic rings. The van der Waals surface area contributed by atoms with Gasteiger partial charge in [0.15, 0.2) is 0 Å². The van der Waals surface area contributed by atoms with Crippen LogP contribution in [0.25, 0.3) is 0 Å². The minimum Gasteiger partial charge on any atom is -0.336 e. The fraction of sp³-hybridized carbons (Fsp3) is 0.667. The molecule has 0 unspecified atom stereocenters. The predicted molar refractivity (Wildman–Crippen MR) is 50.3 cm³/mol. The van der Waals surface area contributed by atoms with E-state index in [0.29, 0.717) is 6.54 Å². The highest BCUT2D eigenvalue weighted by Crippen LogP contribution is 2.15. The zero-order chi connectivity index (χ0) is 10.1. The smallest absolute Gasteiger partial charge is 0.225 e. The van der Waals surface area contributed by atoms with Crippen molar-refractivity contribution in [2.24, 2.45) is 5.92 Å². The van der Waals surface area contributed by atoms with Gasteiger partial charge in [0.1, 0.15) is 5.69 Å². The summed E-state index contributed by atoms with van der Waals surface area (Å²) < 4.78 is 0. The number of rotatable bonds is 1. The Morgan fingerprint density at radius 2 is 2.14 bits per heavy atom. The molecule has 0 bridgehead atoms. The molecular weight excluding hydrogens is 180 g/mol. The average Bonchev–Trinajstić information content (AvgIpc) is 2.62. The molecule has 5 heteroatoms. The van der Waals surface area contributed by atoms with E-state index in [4.69, 9.17) is 0 Å². The molecule has 14 heavy (non-hydrogen) atoms. The van der Waals surface area contributed by atoms with Crippen LogP contribution in [-0.4, -0.2) is 32.8 Å². The largest absolute Gasteiger partial charge is 0.336 e. The summed E-state index contributed by atoms with van der Waals surface area (Å²) in [5.41, 5.74) is 1.91. The van der Waals surface area contributed by atoms with E-state index >= 15 is 0 Å². The highest BCUT2D eigenvalue weighted by Gasteiger charge is 2.24. The molecule has 5 nitrogen and oxygen atoms in total. The van der Waals surface area contributed by atoms with E-state index < -0.39 is 0 Å². The summed E-state index contributed by atoms with van der Waals surface area (Å²) in [5.74, 6) is 0.252. The summed E-state index contributed by atoms with van der Waals surface area (Å²) in [6.45, 7) is 5.20. The molecule has 1 amide bonds. The molecule has 76 valence electrons.